The van der Waals surface area contributed by atoms with Gasteiger partial charge in [0, 0.05) is 55.1 Å². The molecular formula is C32H33ClFN7O3. The number of hydrogen-bond donors (Lipinski definition) is 1. The van der Waals surface area contributed by atoms with Crippen LogP contribution in [0.15, 0.2) is 67.1 Å². The van der Waals surface area contributed by atoms with E-state index in [1.54, 1.807) is 36.4 Å². The first-order valence-electron chi connectivity index (χ1n) is 14.5. The van der Waals surface area contributed by atoms with Gasteiger partial charge in [0.25, 0.3) is 0 Å². The maximum atomic E-state index is 14.2. The van der Waals surface area contributed by atoms with Gasteiger partial charge >= 0.3 is 5.97 Å². The van der Waals surface area contributed by atoms with E-state index in [9.17, 15) is 14.3 Å². The Kier molecular flexibility index (Phi) is 8.49. The summed E-state index contributed by atoms with van der Waals surface area (Å²) < 4.78 is 24.2. The van der Waals surface area contributed by atoms with Gasteiger partial charge in [0.05, 0.1) is 41.7 Å². The molecule has 1 aliphatic rings. The second kappa shape index (κ2) is 12.6. The standard InChI is InChI=1S/C32H33ClFN7O3/c1-3-38-20-35-15-25(38)17-41-28-13-22(32(42)43)8-10-27(28)36-30(41)18-39-11-12-40(16-21(39)2)29-5-4-6-31(37-29)44-19-23-7-9-24(33)14-26(23)34/h4-10,13-15,20-21H,3,11-12,16-19H2,1-2H3,(H,42,43)/t21-/m0/s1. The second-order valence-electron chi connectivity index (χ2n) is 10.9. The van der Waals surface area contributed by atoms with Crippen LogP contribution in [0.25, 0.3) is 11.0 Å². The number of anilines is 1. The molecule has 0 spiro atoms. The van der Waals surface area contributed by atoms with Crippen molar-refractivity contribution in [3.05, 3.63) is 101 Å². The highest BCUT2D eigenvalue weighted by molar-refractivity contribution is 6.30. The minimum atomic E-state index is -0.968. The molecule has 5 aromatic rings. The Morgan fingerprint density at radius 3 is 2.75 bits per heavy atom. The van der Waals surface area contributed by atoms with E-state index in [0.717, 1.165) is 54.5 Å². The van der Waals surface area contributed by atoms with Gasteiger partial charge in [-0.15, -0.1) is 0 Å². The fourth-order valence-corrected chi connectivity index (χ4v) is 5.76. The molecule has 0 radical (unpaired) electrons. The summed E-state index contributed by atoms with van der Waals surface area (Å²) in [6.45, 7) is 8.50. The Labute approximate surface area is 259 Å². The molecule has 4 heterocycles. The van der Waals surface area contributed by atoms with Gasteiger partial charge in [-0.1, -0.05) is 23.7 Å². The first-order chi connectivity index (χ1) is 21.3. The Morgan fingerprint density at radius 2 is 1.98 bits per heavy atom. The van der Waals surface area contributed by atoms with Crippen LogP contribution in [0.4, 0.5) is 10.2 Å². The zero-order chi connectivity index (χ0) is 30.8. The van der Waals surface area contributed by atoms with Crippen molar-refractivity contribution in [2.75, 3.05) is 24.5 Å². The lowest BCUT2D eigenvalue weighted by molar-refractivity contribution is 0.0697. The molecule has 1 fully saturated rings. The average molecular weight is 618 g/mol. The summed E-state index contributed by atoms with van der Waals surface area (Å²) in [5.41, 5.74) is 3.22. The molecule has 228 valence electrons. The monoisotopic (exact) mass is 617 g/mol. The van der Waals surface area contributed by atoms with E-state index in [2.05, 4.69) is 42.7 Å². The average Bonchev–Trinajstić information content (AvgIpc) is 3.61. The molecule has 3 aromatic heterocycles. The molecule has 12 heteroatoms. The number of hydrogen-bond acceptors (Lipinski definition) is 7. The highest BCUT2D eigenvalue weighted by Crippen LogP contribution is 2.25. The Bertz CT molecular complexity index is 1810. The number of fused-ring (bicyclic) bond motifs is 1. The lowest BCUT2D eigenvalue weighted by Gasteiger charge is -2.40. The van der Waals surface area contributed by atoms with E-state index in [0.29, 0.717) is 29.6 Å². The van der Waals surface area contributed by atoms with Gasteiger partial charge in [-0.3, -0.25) is 4.90 Å². The number of carbonyl (C=O) groups is 1. The van der Waals surface area contributed by atoms with E-state index >= 15 is 0 Å². The molecule has 0 aliphatic carbocycles. The van der Waals surface area contributed by atoms with Gasteiger partial charge in [0.1, 0.15) is 24.1 Å². The van der Waals surface area contributed by atoms with Crippen molar-refractivity contribution in [1.82, 2.24) is 29.0 Å². The highest BCUT2D eigenvalue weighted by atomic mass is 35.5. The lowest BCUT2D eigenvalue weighted by atomic mass is 10.2. The van der Waals surface area contributed by atoms with Crippen LogP contribution in [-0.2, 0) is 26.2 Å². The fraction of sp³-hybridized carbons (Fsp3) is 0.312. The van der Waals surface area contributed by atoms with Crippen LogP contribution in [-0.4, -0.2) is 65.7 Å². The summed E-state index contributed by atoms with van der Waals surface area (Å²) in [6.07, 6.45) is 3.65. The molecule has 2 aromatic carbocycles. The molecule has 1 aliphatic heterocycles. The van der Waals surface area contributed by atoms with Gasteiger partial charge in [-0.25, -0.2) is 19.2 Å². The van der Waals surface area contributed by atoms with Crippen molar-refractivity contribution in [3.63, 3.8) is 0 Å². The van der Waals surface area contributed by atoms with Crippen LogP contribution in [0.3, 0.4) is 0 Å². The summed E-state index contributed by atoms with van der Waals surface area (Å²) in [6, 6.07) is 15.4. The number of pyridine rings is 1. The smallest absolute Gasteiger partial charge is 0.335 e. The number of carboxylic acid groups (broad SMARTS) is 1. The van der Waals surface area contributed by atoms with E-state index in [4.69, 9.17) is 21.3 Å². The third kappa shape index (κ3) is 6.24. The summed E-state index contributed by atoms with van der Waals surface area (Å²) in [4.78, 5) is 30.3. The molecule has 0 bridgehead atoms. The van der Waals surface area contributed by atoms with Gasteiger partial charge in [0.2, 0.25) is 5.88 Å². The van der Waals surface area contributed by atoms with Crippen molar-refractivity contribution in [2.24, 2.45) is 0 Å². The molecule has 1 N–H and O–H groups in total. The quantitative estimate of drug-likeness (QED) is 0.220. The first-order valence-corrected chi connectivity index (χ1v) is 14.9. The van der Waals surface area contributed by atoms with Crippen LogP contribution in [0, 0.1) is 5.82 Å². The normalized spacial score (nSPS) is 15.6. The van der Waals surface area contributed by atoms with Crippen LogP contribution < -0.4 is 9.64 Å². The minimum Gasteiger partial charge on any atom is -0.478 e. The number of benzene rings is 2. The SMILES string of the molecule is CCn1cncc1Cn1c(CN2CCN(c3cccc(OCc4ccc(Cl)cc4F)n3)C[C@@H]2C)nc2ccc(C(=O)O)cc21. The van der Waals surface area contributed by atoms with Crippen molar-refractivity contribution >= 4 is 34.4 Å². The van der Waals surface area contributed by atoms with Crippen LogP contribution >= 0.6 is 11.6 Å². The fourth-order valence-electron chi connectivity index (χ4n) is 5.60. The summed E-state index contributed by atoms with van der Waals surface area (Å²) in [5.74, 6) is 0.712. The van der Waals surface area contributed by atoms with Gasteiger partial charge in [-0.05, 0) is 50.2 Å². The van der Waals surface area contributed by atoms with E-state index < -0.39 is 11.8 Å². The predicted molar refractivity (Wildman–Crippen MR) is 166 cm³/mol. The number of imidazole rings is 2. The van der Waals surface area contributed by atoms with E-state index in [-0.39, 0.29) is 18.2 Å². The van der Waals surface area contributed by atoms with Crippen molar-refractivity contribution in [1.29, 1.82) is 0 Å². The molecular weight excluding hydrogens is 585 g/mol. The van der Waals surface area contributed by atoms with Crippen molar-refractivity contribution < 1.29 is 19.0 Å². The topological polar surface area (TPSA) is 102 Å². The Balaban J connectivity index is 1.17. The predicted octanol–water partition coefficient (Wildman–Crippen LogP) is 5.48. The van der Waals surface area contributed by atoms with Crippen molar-refractivity contribution in [3.8, 4) is 5.88 Å². The number of halogens is 2. The lowest BCUT2D eigenvalue weighted by Crippen LogP contribution is -2.52. The molecule has 10 nitrogen and oxygen atoms in total. The maximum absolute atomic E-state index is 14.2. The third-order valence-electron chi connectivity index (χ3n) is 8.07. The Morgan fingerprint density at radius 1 is 1.11 bits per heavy atom. The van der Waals surface area contributed by atoms with E-state index in [1.165, 1.54) is 6.07 Å². The first kappa shape index (κ1) is 29.6. The zero-order valence-electron chi connectivity index (χ0n) is 24.5. The number of ether oxygens (including phenoxy) is 1. The zero-order valence-corrected chi connectivity index (χ0v) is 25.3. The molecule has 0 saturated carbocycles. The van der Waals surface area contributed by atoms with Crippen LogP contribution in [0.5, 0.6) is 5.88 Å². The number of aryl methyl sites for hydroxylation is 1. The summed E-state index contributed by atoms with van der Waals surface area (Å²) in [5, 5.41) is 9.97. The van der Waals surface area contributed by atoms with Crippen LogP contribution in [0.2, 0.25) is 5.02 Å². The molecule has 1 saturated heterocycles. The summed E-state index contributed by atoms with van der Waals surface area (Å²) >= 11 is 5.86. The van der Waals surface area contributed by atoms with Crippen LogP contribution in [0.1, 0.15) is 41.3 Å². The third-order valence-corrected chi connectivity index (χ3v) is 8.30. The number of nitrogens with zero attached hydrogens (tertiary/aromatic N) is 7. The number of carboxylic acids is 1. The minimum absolute atomic E-state index is 0.0532. The molecule has 6 rings (SSSR count). The molecule has 44 heavy (non-hydrogen) atoms. The van der Waals surface area contributed by atoms with Gasteiger partial charge in [-0.2, -0.15) is 4.98 Å². The molecule has 1 atom stereocenters. The molecule has 0 amide bonds. The largest absolute Gasteiger partial charge is 0.478 e. The van der Waals surface area contributed by atoms with Gasteiger partial charge in [0.15, 0.2) is 0 Å². The maximum Gasteiger partial charge on any atom is 0.335 e. The number of rotatable bonds is 10. The Hall–Kier alpha value is -4.48. The highest BCUT2D eigenvalue weighted by Gasteiger charge is 2.27. The number of aromatic carboxylic acids is 1. The van der Waals surface area contributed by atoms with E-state index in [1.807, 2.05) is 24.7 Å². The second-order valence-corrected chi connectivity index (χ2v) is 11.4. The van der Waals surface area contributed by atoms with Crippen molar-refractivity contribution in [2.45, 2.75) is 46.1 Å². The molecule has 0 unspecified atom stereocenters. The number of aromatic nitrogens is 5. The summed E-state index contributed by atoms with van der Waals surface area (Å²) in [7, 11) is 0. The number of piperazine rings is 1. The van der Waals surface area contributed by atoms with Gasteiger partial charge < -0.3 is 23.9 Å².